The molecule has 2 fully saturated rings. The lowest BCUT2D eigenvalue weighted by atomic mass is 9.74. The van der Waals surface area contributed by atoms with Crippen molar-refractivity contribution >= 4 is 5.91 Å². The Morgan fingerprint density at radius 3 is 2.76 bits per heavy atom. The molecule has 0 unspecified atom stereocenters. The summed E-state index contributed by atoms with van der Waals surface area (Å²) in [6, 6.07) is 0. The highest BCUT2D eigenvalue weighted by Crippen LogP contribution is 2.36. The van der Waals surface area contributed by atoms with E-state index in [1.165, 1.54) is 25.7 Å². The van der Waals surface area contributed by atoms with Crippen molar-refractivity contribution in [1.29, 1.82) is 0 Å². The van der Waals surface area contributed by atoms with Gasteiger partial charge in [-0.15, -0.1) is 0 Å². The summed E-state index contributed by atoms with van der Waals surface area (Å²) in [7, 11) is 0. The Labute approximate surface area is 105 Å². The molecular formula is C14H26N2O. The third-order valence-corrected chi connectivity index (χ3v) is 4.16. The van der Waals surface area contributed by atoms with Crippen molar-refractivity contribution in [3.8, 4) is 0 Å². The summed E-state index contributed by atoms with van der Waals surface area (Å²) < 4.78 is 0. The fraction of sp³-hybridized carbons (Fsp3) is 0.929. The highest BCUT2D eigenvalue weighted by atomic mass is 16.2. The van der Waals surface area contributed by atoms with Crippen LogP contribution >= 0.6 is 0 Å². The van der Waals surface area contributed by atoms with Gasteiger partial charge >= 0.3 is 0 Å². The van der Waals surface area contributed by atoms with Crippen molar-refractivity contribution in [2.45, 2.75) is 46.0 Å². The average Bonchev–Trinajstić information content (AvgIpc) is 2.29. The third kappa shape index (κ3) is 3.21. The summed E-state index contributed by atoms with van der Waals surface area (Å²) in [6.45, 7) is 8.48. The molecule has 3 heteroatoms. The molecule has 0 radical (unpaired) electrons. The molecule has 0 aromatic carbocycles. The smallest absolute Gasteiger partial charge is 0.222 e. The maximum Gasteiger partial charge on any atom is 0.222 e. The fourth-order valence-electron chi connectivity index (χ4n) is 3.28. The summed E-state index contributed by atoms with van der Waals surface area (Å²) >= 11 is 0. The number of carbonyl (C=O) groups excluding carboxylic acids is 1. The van der Waals surface area contributed by atoms with Crippen LogP contribution in [0.5, 0.6) is 0 Å². The molecule has 2 aliphatic rings. The van der Waals surface area contributed by atoms with Crippen molar-refractivity contribution in [2.24, 2.45) is 11.3 Å². The first-order chi connectivity index (χ1) is 8.11. The third-order valence-electron chi connectivity index (χ3n) is 4.16. The first-order valence-electron chi connectivity index (χ1n) is 7.10. The van der Waals surface area contributed by atoms with Crippen molar-refractivity contribution in [2.75, 3.05) is 26.2 Å². The summed E-state index contributed by atoms with van der Waals surface area (Å²) in [6.07, 6.45) is 5.76. The molecule has 0 saturated carbocycles. The number of carbonyl (C=O) groups is 1. The van der Waals surface area contributed by atoms with Gasteiger partial charge in [-0.25, -0.2) is 0 Å². The molecule has 0 aliphatic carbocycles. The molecule has 1 spiro atoms. The quantitative estimate of drug-likeness (QED) is 0.798. The van der Waals surface area contributed by atoms with E-state index >= 15 is 0 Å². The van der Waals surface area contributed by atoms with Gasteiger partial charge in [0.1, 0.15) is 0 Å². The molecule has 2 saturated heterocycles. The zero-order chi connectivity index (χ0) is 12.3. The Bertz CT molecular complexity index is 264. The van der Waals surface area contributed by atoms with Crippen LogP contribution in [0, 0.1) is 11.3 Å². The normalized spacial score (nSPS) is 29.9. The average molecular weight is 238 g/mol. The van der Waals surface area contributed by atoms with E-state index in [1.54, 1.807) is 0 Å². The number of hydrogen-bond acceptors (Lipinski definition) is 2. The van der Waals surface area contributed by atoms with Crippen LogP contribution in [0.3, 0.4) is 0 Å². The molecule has 2 rings (SSSR count). The monoisotopic (exact) mass is 238 g/mol. The minimum Gasteiger partial charge on any atom is -0.342 e. The fourth-order valence-corrected chi connectivity index (χ4v) is 3.28. The van der Waals surface area contributed by atoms with Crippen molar-refractivity contribution in [3.05, 3.63) is 0 Å². The molecule has 0 aromatic rings. The van der Waals surface area contributed by atoms with Crippen LogP contribution in [0.15, 0.2) is 0 Å². The van der Waals surface area contributed by atoms with E-state index in [-0.39, 0.29) is 0 Å². The second kappa shape index (κ2) is 5.38. The maximum absolute atomic E-state index is 12.1. The molecule has 1 amide bonds. The van der Waals surface area contributed by atoms with Gasteiger partial charge < -0.3 is 10.2 Å². The first kappa shape index (κ1) is 12.9. The number of amides is 1. The lowest BCUT2D eigenvalue weighted by Gasteiger charge is -2.45. The van der Waals surface area contributed by atoms with E-state index in [1.807, 2.05) is 0 Å². The largest absolute Gasteiger partial charge is 0.342 e. The van der Waals surface area contributed by atoms with Gasteiger partial charge in [-0.2, -0.15) is 0 Å². The summed E-state index contributed by atoms with van der Waals surface area (Å²) in [5, 5.41) is 3.51. The van der Waals surface area contributed by atoms with Gasteiger partial charge in [0, 0.05) is 31.5 Å². The van der Waals surface area contributed by atoms with Gasteiger partial charge in [0.05, 0.1) is 0 Å². The highest BCUT2D eigenvalue weighted by Gasteiger charge is 2.37. The predicted octanol–water partition coefficient (Wildman–Crippen LogP) is 2.02. The number of nitrogens with zero attached hydrogens (tertiary/aromatic N) is 1. The van der Waals surface area contributed by atoms with Gasteiger partial charge in [0.2, 0.25) is 5.91 Å². The molecule has 0 aromatic heterocycles. The number of piperidine rings is 2. The Balaban J connectivity index is 1.94. The van der Waals surface area contributed by atoms with Crippen LogP contribution in [0.25, 0.3) is 0 Å². The number of likely N-dealkylation sites (tertiary alicyclic amines) is 1. The zero-order valence-corrected chi connectivity index (χ0v) is 11.3. The molecule has 1 N–H and O–H groups in total. The molecule has 1 atom stereocenters. The maximum atomic E-state index is 12.1. The number of rotatable bonds is 2. The Morgan fingerprint density at radius 2 is 2.12 bits per heavy atom. The first-order valence-corrected chi connectivity index (χ1v) is 7.10. The molecule has 2 aliphatic heterocycles. The minimum atomic E-state index is 0.365. The summed E-state index contributed by atoms with van der Waals surface area (Å²) in [5.41, 5.74) is 0.392. The van der Waals surface area contributed by atoms with Crippen LogP contribution in [-0.2, 0) is 4.79 Å². The lowest BCUT2D eigenvalue weighted by Crippen LogP contribution is -2.52. The minimum absolute atomic E-state index is 0.365. The van der Waals surface area contributed by atoms with Crippen LogP contribution in [0.1, 0.15) is 46.0 Å². The van der Waals surface area contributed by atoms with E-state index < -0.39 is 0 Å². The molecule has 2 heterocycles. The van der Waals surface area contributed by atoms with Crippen LogP contribution in [0.2, 0.25) is 0 Å². The van der Waals surface area contributed by atoms with E-state index in [9.17, 15) is 4.79 Å². The van der Waals surface area contributed by atoms with Crippen LogP contribution < -0.4 is 5.32 Å². The van der Waals surface area contributed by atoms with Gasteiger partial charge in [-0.3, -0.25) is 4.79 Å². The van der Waals surface area contributed by atoms with Crippen molar-refractivity contribution in [3.63, 3.8) is 0 Å². The SMILES string of the molecule is CC(C)CC(=O)N1CCC[C@@]2(CCCNC2)C1. The second-order valence-electron chi connectivity index (χ2n) is 6.30. The topological polar surface area (TPSA) is 32.3 Å². The second-order valence-corrected chi connectivity index (χ2v) is 6.30. The molecular weight excluding hydrogens is 212 g/mol. The summed E-state index contributed by atoms with van der Waals surface area (Å²) in [5.74, 6) is 0.842. The van der Waals surface area contributed by atoms with Crippen molar-refractivity contribution < 1.29 is 4.79 Å². The number of nitrogens with one attached hydrogen (secondary N) is 1. The molecule has 0 bridgehead atoms. The molecule has 3 nitrogen and oxygen atoms in total. The van der Waals surface area contributed by atoms with E-state index in [4.69, 9.17) is 0 Å². The van der Waals surface area contributed by atoms with Crippen molar-refractivity contribution in [1.82, 2.24) is 10.2 Å². The van der Waals surface area contributed by atoms with Gasteiger partial charge in [-0.1, -0.05) is 13.8 Å². The standard InChI is InChI=1S/C14H26N2O/c1-12(2)9-13(17)16-8-4-6-14(11-16)5-3-7-15-10-14/h12,15H,3-11H2,1-2H3/t14-/m1/s1. The zero-order valence-electron chi connectivity index (χ0n) is 11.3. The van der Waals surface area contributed by atoms with E-state index in [0.29, 0.717) is 23.7 Å². The molecule has 98 valence electrons. The number of hydrogen-bond donors (Lipinski definition) is 1. The predicted molar refractivity (Wildman–Crippen MR) is 69.8 cm³/mol. The van der Waals surface area contributed by atoms with E-state index in [0.717, 1.165) is 26.2 Å². The van der Waals surface area contributed by atoms with Crippen LogP contribution in [-0.4, -0.2) is 37.0 Å². The molecule has 17 heavy (non-hydrogen) atoms. The highest BCUT2D eigenvalue weighted by molar-refractivity contribution is 5.76. The van der Waals surface area contributed by atoms with Gasteiger partial charge in [0.15, 0.2) is 0 Å². The van der Waals surface area contributed by atoms with Gasteiger partial charge in [-0.05, 0) is 38.1 Å². The van der Waals surface area contributed by atoms with E-state index in [2.05, 4.69) is 24.1 Å². The summed E-state index contributed by atoms with van der Waals surface area (Å²) in [4.78, 5) is 14.3. The Morgan fingerprint density at radius 1 is 1.35 bits per heavy atom. The Hall–Kier alpha value is -0.570. The lowest BCUT2D eigenvalue weighted by molar-refractivity contribution is -0.135. The van der Waals surface area contributed by atoms with Crippen LogP contribution in [0.4, 0.5) is 0 Å². The van der Waals surface area contributed by atoms with Gasteiger partial charge in [0.25, 0.3) is 0 Å². The Kier molecular flexibility index (Phi) is 4.08.